The zero-order valence-electron chi connectivity index (χ0n) is 13.7. The summed E-state index contributed by atoms with van der Waals surface area (Å²) in [5.74, 6) is -0.456. The Bertz CT molecular complexity index is 865. The number of amides is 1. The number of benzene rings is 2. The maximum atomic E-state index is 13.6. The number of rotatable bonds is 5. The second-order valence-electron chi connectivity index (χ2n) is 5.59. The normalized spacial score (nSPS) is 10.3. The molecule has 1 N–H and O–H groups in total. The number of hydrogen-bond donors (Lipinski definition) is 1. The molecule has 4 nitrogen and oxygen atoms in total. The van der Waals surface area contributed by atoms with Crippen molar-refractivity contribution >= 4 is 5.91 Å². The van der Waals surface area contributed by atoms with Gasteiger partial charge in [0.1, 0.15) is 17.1 Å². The fourth-order valence-electron chi connectivity index (χ4n) is 2.25. The molecule has 3 aromatic rings. The molecule has 25 heavy (non-hydrogen) atoms. The number of para-hydroxylation sites is 1. The third-order valence-electron chi connectivity index (χ3n) is 3.59. The van der Waals surface area contributed by atoms with Gasteiger partial charge in [-0.25, -0.2) is 9.37 Å². The lowest BCUT2D eigenvalue weighted by Crippen LogP contribution is -2.23. The summed E-state index contributed by atoms with van der Waals surface area (Å²) in [5, 5.41) is 2.76. The fourth-order valence-corrected chi connectivity index (χ4v) is 2.25. The van der Waals surface area contributed by atoms with Crippen LogP contribution in [0.4, 0.5) is 4.39 Å². The van der Waals surface area contributed by atoms with Crippen molar-refractivity contribution in [3.05, 3.63) is 89.4 Å². The first-order valence-electron chi connectivity index (χ1n) is 7.84. The first kappa shape index (κ1) is 16.6. The molecular formula is C20H17FN2O2. The Morgan fingerprint density at radius 3 is 2.56 bits per heavy atom. The van der Waals surface area contributed by atoms with E-state index in [1.165, 1.54) is 0 Å². The van der Waals surface area contributed by atoms with Crippen molar-refractivity contribution in [1.29, 1.82) is 0 Å². The van der Waals surface area contributed by atoms with Crippen molar-refractivity contribution in [2.45, 2.75) is 13.5 Å². The molecule has 0 aliphatic rings. The quantitative estimate of drug-likeness (QED) is 0.758. The Morgan fingerprint density at radius 2 is 1.84 bits per heavy atom. The Hall–Kier alpha value is -3.21. The maximum Gasteiger partial charge on any atom is 0.257 e. The van der Waals surface area contributed by atoms with E-state index >= 15 is 0 Å². The minimum Gasteiger partial charge on any atom is -0.438 e. The van der Waals surface area contributed by atoms with Gasteiger partial charge in [-0.1, -0.05) is 48.0 Å². The van der Waals surface area contributed by atoms with Crippen LogP contribution in [0.1, 0.15) is 21.5 Å². The molecule has 0 atom stereocenters. The van der Waals surface area contributed by atoms with Gasteiger partial charge in [0.2, 0.25) is 5.88 Å². The van der Waals surface area contributed by atoms with E-state index in [0.717, 1.165) is 23.4 Å². The van der Waals surface area contributed by atoms with Crippen molar-refractivity contribution in [3.63, 3.8) is 0 Å². The molecule has 0 radical (unpaired) electrons. The van der Waals surface area contributed by atoms with Crippen molar-refractivity contribution < 1.29 is 13.9 Å². The molecule has 0 fully saturated rings. The molecule has 0 bridgehead atoms. The Labute approximate surface area is 145 Å². The molecule has 0 aliphatic heterocycles. The highest BCUT2D eigenvalue weighted by molar-refractivity contribution is 5.96. The molecule has 3 rings (SSSR count). The second kappa shape index (κ2) is 7.57. The van der Waals surface area contributed by atoms with E-state index in [-0.39, 0.29) is 11.4 Å². The Balaban J connectivity index is 1.76. The van der Waals surface area contributed by atoms with Crippen LogP contribution in [0.2, 0.25) is 0 Å². The maximum absolute atomic E-state index is 13.6. The molecule has 1 heterocycles. The second-order valence-corrected chi connectivity index (χ2v) is 5.59. The summed E-state index contributed by atoms with van der Waals surface area (Å²) >= 11 is 0. The number of carbonyl (C=O) groups excluding carboxylic acids is 1. The zero-order valence-corrected chi connectivity index (χ0v) is 13.7. The highest BCUT2D eigenvalue weighted by Gasteiger charge is 2.16. The third kappa shape index (κ3) is 4.41. The van der Waals surface area contributed by atoms with E-state index in [4.69, 9.17) is 4.74 Å². The SMILES string of the molecule is Cc1ccc(CNC(=O)c2cc(F)cnc2Oc2ccccc2)cc1. The topological polar surface area (TPSA) is 51.2 Å². The number of nitrogens with zero attached hydrogens (tertiary/aromatic N) is 1. The number of carbonyl (C=O) groups is 1. The number of aromatic nitrogens is 1. The van der Waals surface area contributed by atoms with Crippen LogP contribution < -0.4 is 10.1 Å². The molecule has 0 saturated carbocycles. The lowest BCUT2D eigenvalue weighted by molar-refractivity contribution is 0.0947. The number of nitrogens with one attached hydrogen (secondary N) is 1. The number of hydrogen-bond acceptors (Lipinski definition) is 3. The largest absolute Gasteiger partial charge is 0.438 e. The van der Waals surface area contributed by atoms with E-state index in [2.05, 4.69) is 10.3 Å². The van der Waals surface area contributed by atoms with Gasteiger partial charge < -0.3 is 10.1 Å². The van der Waals surface area contributed by atoms with Gasteiger partial charge in [0.05, 0.1) is 6.20 Å². The first-order chi connectivity index (χ1) is 12.1. The van der Waals surface area contributed by atoms with Crippen LogP contribution in [0.5, 0.6) is 11.6 Å². The Kier molecular flexibility index (Phi) is 5.04. The van der Waals surface area contributed by atoms with Gasteiger partial charge >= 0.3 is 0 Å². The van der Waals surface area contributed by atoms with Crippen molar-refractivity contribution in [3.8, 4) is 11.6 Å². The molecule has 0 aliphatic carbocycles. The average Bonchev–Trinajstić information content (AvgIpc) is 2.63. The van der Waals surface area contributed by atoms with Crippen LogP contribution in [-0.4, -0.2) is 10.9 Å². The summed E-state index contributed by atoms with van der Waals surface area (Å²) in [5.41, 5.74) is 2.15. The zero-order chi connectivity index (χ0) is 17.6. The van der Waals surface area contributed by atoms with E-state index in [1.54, 1.807) is 24.3 Å². The summed E-state index contributed by atoms with van der Waals surface area (Å²) in [6, 6.07) is 17.8. The molecule has 0 saturated heterocycles. The lowest BCUT2D eigenvalue weighted by Gasteiger charge is -2.11. The number of pyridine rings is 1. The van der Waals surface area contributed by atoms with Crippen molar-refractivity contribution in [2.24, 2.45) is 0 Å². The summed E-state index contributed by atoms with van der Waals surface area (Å²) < 4.78 is 19.2. The Morgan fingerprint density at radius 1 is 1.12 bits per heavy atom. The molecule has 126 valence electrons. The minimum absolute atomic E-state index is 0.0518. The van der Waals surface area contributed by atoms with Crippen LogP contribution in [0, 0.1) is 12.7 Å². The summed E-state index contributed by atoms with van der Waals surface area (Å²) in [7, 11) is 0. The van der Waals surface area contributed by atoms with Gasteiger partial charge in [0.15, 0.2) is 0 Å². The van der Waals surface area contributed by atoms with Gasteiger partial charge in [-0.3, -0.25) is 4.79 Å². The molecule has 1 amide bonds. The summed E-state index contributed by atoms with van der Waals surface area (Å²) in [4.78, 5) is 16.4. The highest BCUT2D eigenvalue weighted by atomic mass is 19.1. The summed E-state index contributed by atoms with van der Waals surface area (Å²) in [6.45, 7) is 2.33. The fraction of sp³-hybridized carbons (Fsp3) is 0.100. The molecular weight excluding hydrogens is 319 g/mol. The average molecular weight is 336 g/mol. The lowest BCUT2D eigenvalue weighted by atomic mass is 10.1. The molecule has 0 unspecified atom stereocenters. The van der Waals surface area contributed by atoms with Crippen LogP contribution in [0.25, 0.3) is 0 Å². The molecule has 1 aromatic heterocycles. The van der Waals surface area contributed by atoms with E-state index < -0.39 is 11.7 Å². The van der Waals surface area contributed by atoms with Crippen LogP contribution in [0.15, 0.2) is 66.9 Å². The van der Waals surface area contributed by atoms with Gasteiger partial charge in [0.25, 0.3) is 5.91 Å². The molecule has 2 aromatic carbocycles. The van der Waals surface area contributed by atoms with Gasteiger partial charge in [-0.15, -0.1) is 0 Å². The first-order valence-corrected chi connectivity index (χ1v) is 7.84. The third-order valence-corrected chi connectivity index (χ3v) is 3.59. The molecule has 5 heteroatoms. The van der Waals surface area contributed by atoms with Crippen molar-refractivity contribution in [2.75, 3.05) is 0 Å². The van der Waals surface area contributed by atoms with Crippen LogP contribution in [0.3, 0.4) is 0 Å². The summed E-state index contributed by atoms with van der Waals surface area (Å²) in [6.07, 6.45) is 1.02. The van der Waals surface area contributed by atoms with Gasteiger partial charge in [0, 0.05) is 6.54 Å². The number of aryl methyl sites for hydroxylation is 1. The van der Waals surface area contributed by atoms with Crippen LogP contribution in [-0.2, 0) is 6.54 Å². The van der Waals surface area contributed by atoms with Crippen LogP contribution >= 0.6 is 0 Å². The van der Waals surface area contributed by atoms with E-state index in [1.807, 2.05) is 37.3 Å². The standard InChI is InChI=1S/C20H17FN2O2/c1-14-7-9-15(10-8-14)12-22-19(24)18-11-16(21)13-23-20(18)25-17-5-3-2-4-6-17/h2-11,13H,12H2,1H3,(H,22,24). The van der Waals surface area contributed by atoms with Gasteiger partial charge in [-0.05, 0) is 30.7 Å². The van der Waals surface area contributed by atoms with Crippen molar-refractivity contribution in [1.82, 2.24) is 10.3 Å². The molecule has 0 spiro atoms. The van der Waals surface area contributed by atoms with Gasteiger partial charge in [-0.2, -0.15) is 0 Å². The van der Waals surface area contributed by atoms with E-state index in [9.17, 15) is 9.18 Å². The minimum atomic E-state index is -0.596. The monoisotopic (exact) mass is 336 g/mol. The predicted octanol–water partition coefficient (Wildman–Crippen LogP) is 4.25. The number of halogens is 1. The smallest absolute Gasteiger partial charge is 0.257 e. The predicted molar refractivity (Wildman–Crippen MR) is 93.1 cm³/mol. The van der Waals surface area contributed by atoms with E-state index in [0.29, 0.717) is 12.3 Å². The highest BCUT2D eigenvalue weighted by Crippen LogP contribution is 2.23. The number of ether oxygens (including phenoxy) is 1.